The Hall–Kier alpha value is -1.80. The average Bonchev–Trinajstić information content (AvgIpc) is 3.39. The topological polar surface area (TPSA) is 158 Å². The Morgan fingerprint density at radius 1 is 1.18 bits per heavy atom. The Morgan fingerprint density at radius 2 is 1.95 bits per heavy atom. The van der Waals surface area contributed by atoms with Crippen LogP contribution >= 0.6 is 31.2 Å². The molecule has 210 valence electrons. The van der Waals surface area contributed by atoms with Crippen molar-refractivity contribution in [3.8, 4) is 6.07 Å². The second kappa shape index (κ2) is 14.5. The third kappa shape index (κ3) is 9.15. The van der Waals surface area contributed by atoms with E-state index < -0.39 is 13.4 Å². The van der Waals surface area contributed by atoms with Crippen molar-refractivity contribution in [2.45, 2.75) is 87.1 Å². The Bertz CT molecular complexity index is 1050. The predicted octanol–water partition coefficient (Wildman–Crippen LogP) is 4.78. The number of nitrogens with zero attached hydrogens (tertiary/aromatic N) is 1. The van der Waals surface area contributed by atoms with Crippen LogP contribution in [0.15, 0.2) is 24.3 Å². The van der Waals surface area contributed by atoms with E-state index in [1.165, 1.54) is 0 Å². The number of hydrogen-bond acceptors (Lipinski definition) is 7. The Kier molecular flexibility index (Phi) is 11.8. The van der Waals surface area contributed by atoms with Gasteiger partial charge in [-0.3, -0.25) is 9.32 Å². The van der Waals surface area contributed by atoms with Gasteiger partial charge in [-0.05, 0) is 31.7 Å². The predicted molar refractivity (Wildman–Crippen MR) is 144 cm³/mol. The first-order valence-electron chi connectivity index (χ1n) is 12.9. The summed E-state index contributed by atoms with van der Waals surface area (Å²) in [6.07, 6.45) is 5.56. The molecule has 1 aromatic rings. The van der Waals surface area contributed by atoms with E-state index in [1.54, 1.807) is 24.3 Å². The lowest BCUT2D eigenvalue weighted by Crippen LogP contribution is -2.36. The van der Waals surface area contributed by atoms with E-state index in [4.69, 9.17) is 20.9 Å². The van der Waals surface area contributed by atoms with Gasteiger partial charge in [0.2, 0.25) is 0 Å². The number of rotatable bonds is 16. The van der Waals surface area contributed by atoms with Crippen LogP contribution in [-0.2, 0) is 24.2 Å². The number of halogens is 1. The van der Waals surface area contributed by atoms with Crippen molar-refractivity contribution in [1.29, 1.82) is 5.26 Å². The number of fused-ring (bicyclic) bond motifs is 1. The molecule has 0 aromatic heterocycles. The van der Waals surface area contributed by atoms with Crippen LogP contribution in [0.25, 0.3) is 0 Å². The van der Waals surface area contributed by atoms with Crippen LogP contribution in [0, 0.1) is 11.3 Å². The van der Waals surface area contributed by atoms with Crippen LogP contribution in [0.2, 0.25) is 5.02 Å². The molecular weight excluding hydrogens is 553 g/mol. The van der Waals surface area contributed by atoms with Crippen molar-refractivity contribution in [1.82, 2.24) is 10.6 Å². The highest BCUT2D eigenvalue weighted by Gasteiger charge is 2.43. The number of hydrogen-bond donors (Lipinski definition) is 4. The minimum Gasteiger partial charge on any atom is -0.466 e. The molecule has 38 heavy (non-hydrogen) atoms. The normalized spacial score (nSPS) is 22.2. The van der Waals surface area contributed by atoms with Gasteiger partial charge in [-0.25, -0.2) is 9.36 Å². The number of urea groups is 1. The second-order valence-corrected chi connectivity index (χ2v) is 12.5. The molecule has 1 unspecified atom stereocenters. The van der Waals surface area contributed by atoms with Crippen molar-refractivity contribution >= 4 is 43.2 Å². The minimum absolute atomic E-state index is 0.0922. The Balaban J connectivity index is 1.32. The average molecular weight is 588 g/mol. The highest BCUT2D eigenvalue weighted by Crippen LogP contribution is 2.50. The summed E-state index contributed by atoms with van der Waals surface area (Å²) >= 11 is 8.14. The van der Waals surface area contributed by atoms with E-state index in [0.29, 0.717) is 43.1 Å². The van der Waals surface area contributed by atoms with E-state index in [-0.39, 0.29) is 41.9 Å². The summed E-state index contributed by atoms with van der Waals surface area (Å²) in [5.41, 5.74) is -1.15. The number of esters is 1. The smallest absolute Gasteiger partial charge is 0.466 e. The summed E-state index contributed by atoms with van der Waals surface area (Å²) < 4.78 is 22.2. The number of ether oxygens (including phenoxy) is 1. The molecule has 13 heteroatoms. The number of unbranched alkanes of at least 4 members (excludes halogenated alkanes) is 4. The fourth-order valence-corrected chi connectivity index (χ4v) is 7.57. The summed E-state index contributed by atoms with van der Waals surface area (Å²) in [7, 11) is -4.89. The number of nitriles is 1. The van der Waals surface area contributed by atoms with Crippen LogP contribution in [0.1, 0.15) is 69.8 Å². The van der Waals surface area contributed by atoms with E-state index in [2.05, 4.69) is 10.6 Å². The molecule has 2 saturated heterocycles. The quantitative estimate of drug-likeness (QED) is 0.0924. The van der Waals surface area contributed by atoms with Crippen molar-refractivity contribution in [3.63, 3.8) is 0 Å². The first-order valence-corrected chi connectivity index (χ1v) is 15.8. The molecule has 0 spiro atoms. The fraction of sp³-hybridized carbons (Fsp3) is 0.640. The van der Waals surface area contributed by atoms with Crippen molar-refractivity contribution in [2.75, 3.05) is 12.4 Å². The van der Waals surface area contributed by atoms with E-state index in [9.17, 15) is 29.2 Å². The van der Waals surface area contributed by atoms with Gasteiger partial charge in [-0.1, -0.05) is 55.5 Å². The number of nitrogens with one attached hydrogen (secondary N) is 2. The summed E-state index contributed by atoms with van der Waals surface area (Å²) in [4.78, 5) is 42.5. The number of phosphoric ester groups is 1. The lowest BCUT2D eigenvalue weighted by molar-refractivity contribution is -0.143. The molecule has 2 fully saturated rings. The van der Waals surface area contributed by atoms with Gasteiger partial charge in [0, 0.05) is 28.0 Å². The first kappa shape index (κ1) is 30.7. The molecule has 2 amide bonds. The maximum Gasteiger partial charge on any atom is 0.470 e. The molecule has 0 radical (unpaired) electrons. The zero-order chi connectivity index (χ0) is 27.6. The molecule has 2 aliphatic heterocycles. The molecule has 2 aliphatic rings. The zero-order valence-corrected chi connectivity index (χ0v) is 23.6. The van der Waals surface area contributed by atoms with Gasteiger partial charge in [-0.15, -0.1) is 0 Å². The van der Waals surface area contributed by atoms with Gasteiger partial charge >= 0.3 is 19.8 Å². The molecule has 2 heterocycles. The fourth-order valence-electron chi connectivity index (χ4n) is 5.01. The minimum atomic E-state index is -4.89. The largest absolute Gasteiger partial charge is 0.470 e. The monoisotopic (exact) mass is 587 g/mol. The van der Waals surface area contributed by atoms with Gasteiger partial charge in [-0.2, -0.15) is 17.0 Å². The van der Waals surface area contributed by atoms with Crippen LogP contribution < -0.4 is 10.6 Å². The molecule has 0 aliphatic carbocycles. The first-order chi connectivity index (χ1) is 18.1. The maximum atomic E-state index is 12.1. The van der Waals surface area contributed by atoms with Crippen molar-refractivity contribution in [3.05, 3.63) is 34.9 Å². The van der Waals surface area contributed by atoms with E-state index >= 15 is 0 Å². The van der Waals surface area contributed by atoms with Gasteiger partial charge in [0.1, 0.15) is 5.60 Å². The molecular formula is C25H35ClN3O7PS. The van der Waals surface area contributed by atoms with Gasteiger partial charge < -0.3 is 25.2 Å². The highest BCUT2D eigenvalue weighted by atomic mass is 35.5. The zero-order valence-electron chi connectivity index (χ0n) is 21.1. The summed E-state index contributed by atoms with van der Waals surface area (Å²) in [6.45, 7) is 0.311. The molecule has 0 saturated carbocycles. The van der Waals surface area contributed by atoms with Gasteiger partial charge in [0.25, 0.3) is 0 Å². The summed E-state index contributed by atoms with van der Waals surface area (Å²) in [5, 5.41) is 15.9. The maximum absolute atomic E-state index is 12.1. The van der Waals surface area contributed by atoms with E-state index in [1.807, 2.05) is 17.8 Å². The van der Waals surface area contributed by atoms with Crippen LogP contribution in [-0.4, -0.2) is 51.5 Å². The number of phosphoric acid groups is 1. The number of carbonyl (C=O) groups is 2. The summed E-state index contributed by atoms with van der Waals surface area (Å²) in [5.74, 6) is 0.700. The number of amides is 2. The van der Waals surface area contributed by atoms with Crippen LogP contribution in [0.3, 0.4) is 0 Å². The molecule has 3 rings (SSSR count). The number of thioether (sulfide) groups is 1. The Morgan fingerprint density at radius 3 is 2.68 bits per heavy atom. The third-order valence-electron chi connectivity index (χ3n) is 6.82. The number of benzene rings is 1. The van der Waals surface area contributed by atoms with Crippen LogP contribution in [0.4, 0.5) is 4.79 Å². The Labute approximate surface area is 232 Å². The molecule has 4 atom stereocenters. The van der Waals surface area contributed by atoms with Crippen molar-refractivity contribution < 1.29 is 33.2 Å². The number of carbonyl (C=O) groups excluding carboxylic acids is 2. The van der Waals surface area contributed by atoms with Gasteiger partial charge in [0.05, 0.1) is 31.2 Å². The molecule has 10 nitrogen and oxygen atoms in total. The SMILES string of the molecule is N#CCC(CCCCCCOC(=O)CCCC[C@@H]1SC[C@@H]2NC(=O)N[C@@H]21)(OP(=O)(O)O)c1ccccc1Cl. The lowest BCUT2D eigenvalue weighted by Gasteiger charge is -2.33. The van der Waals surface area contributed by atoms with Crippen LogP contribution in [0.5, 0.6) is 0 Å². The van der Waals surface area contributed by atoms with E-state index in [0.717, 1.165) is 31.4 Å². The molecule has 0 bridgehead atoms. The third-order valence-corrected chi connectivity index (χ3v) is 9.24. The molecule has 4 N–H and O–H groups in total. The standard InChI is InChI=1S/C25H35ClN3O7PS/c26-19-10-4-3-9-18(19)25(14-15-27,36-37(32,33)34)13-7-1-2-8-16-35-22(30)12-6-5-11-21-23-20(17-38-21)28-24(31)29-23/h3-4,9-10,20-21,23H,1-2,5-8,11-14,16-17H2,(H2,28,29,31)(H2,32,33,34)/t20-,21-,23-,25?/m0/s1. The highest BCUT2D eigenvalue weighted by molar-refractivity contribution is 8.00. The summed E-state index contributed by atoms with van der Waals surface area (Å²) in [6, 6.07) is 8.85. The van der Waals surface area contributed by atoms with Gasteiger partial charge in [0.15, 0.2) is 0 Å². The second-order valence-electron chi connectivity index (χ2n) is 9.64. The lowest BCUT2D eigenvalue weighted by atomic mass is 9.85. The molecule has 1 aromatic carbocycles. The van der Waals surface area contributed by atoms with Crippen molar-refractivity contribution in [2.24, 2.45) is 0 Å².